The molecule has 0 saturated heterocycles. The molecule has 1 atom stereocenters. The summed E-state index contributed by atoms with van der Waals surface area (Å²) in [6.07, 6.45) is 0.767. The molecule has 100 valence electrons. The number of alkyl halides is 1. The molecular weight excluding hydrogens is 318 g/mol. The van der Waals surface area contributed by atoms with Crippen LogP contribution in [0.25, 0.3) is 0 Å². The van der Waals surface area contributed by atoms with Gasteiger partial charge in [-0.25, -0.2) is 0 Å². The first kappa shape index (κ1) is 15.3. The average molecular weight is 335 g/mol. The normalized spacial score (nSPS) is 12.1. The third kappa shape index (κ3) is 4.18. The van der Waals surface area contributed by atoms with Gasteiger partial charge in [-0.15, -0.1) is 11.6 Å². The van der Waals surface area contributed by atoms with Crippen LogP contribution in [0, 0.1) is 0 Å². The van der Waals surface area contributed by atoms with Crippen LogP contribution in [0.2, 0.25) is 0 Å². The van der Waals surface area contributed by atoms with Crippen LogP contribution in [0.15, 0.2) is 22.7 Å². The van der Waals surface area contributed by atoms with E-state index in [1.165, 1.54) is 0 Å². The van der Waals surface area contributed by atoms with E-state index in [4.69, 9.17) is 16.3 Å². The number of rotatable bonds is 5. The van der Waals surface area contributed by atoms with E-state index in [9.17, 15) is 4.79 Å². The van der Waals surface area contributed by atoms with Gasteiger partial charge in [-0.1, -0.05) is 15.9 Å². The van der Waals surface area contributed by atoms with Crippen LogP contribution in [-0.4, -0.2) is 36.9 Å². The lowest BCUT2D eigenvalue weighted by molar-refractivity contribution is 0.0790. The van der Waals surface area contributed by atoms with Crippen molar-refractivity contribution in [2.45, 2.75) is 18.7 Å². The Morgan fingerprint density at radius 1 is 1.56 bits per heavy atom. The highest BCUT2D eigenvalue weighted by Gasteiger charge is 2.16. The van der Waals surface area contributed by atoms with Crippen LogP contribution in [-0.2, 0) is 0 Å². The van der Waals surface area contributed by atoms with E-state index in [-0.39, 0.29) is 11.3 Å². The average Bonchev–Trinajstić information content (AvgIpc) is 2.34. The highest BCUT2D eigenvalue weighted by atomic mass is 79.9. The molecule has 0 fully saturated rings. The Labute approximate surface area is 121 Å². The summed E-state index contributed by atoms with van der Waals surface area (Å²) < 4.78 is 6.10. The van der Waals surface area contributed by atoms with Gasteiger partial charge in [-0.2, -0.15) is 0 Å². The Morgan fingerprint density at radius 3 is 2.78 bits per heavy atom. The van der Waals surface area contributed by atoms with Crippen molar-refractivity contribution in [3.8, 4) is 5.75 Å². The third-order valence-electron chi connectivity index (χ3n) is 2.60. The maximum absolute atomic E-state index is 12.2. The van der Waals surface area contributed by atoms with Crippen LogP contribution in [0.1, 0.15) is 23.7 Å². The number of methoxy groups -OCH3 is 1. The number of ether oxygens (including phenoxy) is 1. The summed E-state index contributed by atoms with van der Waals surface area (Å²) in [5.41, 5.74) is 0.561. The van der Waals surface area contributed by atoms with Gasteiger partial charge in [0.05, 0.1) is 12.7 Å². The number of hydrogen-bond donors (Lipinski definition) is 0. The summed E-state index contributed by atoms with van der Waals surface area (Å²) in [7, 11) is 3.32. The topological polar surface area (TPSA) is 29.5 Å². The molecule has 1 rings (SSSR count). The first-order chi connectivity index (χ1) is 8.45. The van der Waals surface area contributed by atoms with Crippen LogP contribution in [0.4, 0.5) is 0 Å². The standard InChI is InChI=1S/C13H17BrClNO2/c1-9(15)6-7-16(2)13(17)11-5-4-10(14)8-12(11)18-3/h4-5,8-9H,6-7H2,1-3H3. The highest BCUT2D eigenvalue weighted by molar-refractivity contribution is 9.10. The number of carbonyl (C=O) groups excluding carboxylic acids is 1. The number of amides is 1. The van der Waals surface area contributed by atoms with E-state index in [1.54, 1.807) is 31.2 Å². The molecule has 18 heavy (non-hydrogen) atoms. The third-order valence-corrected chi connectivity index (χ3v) is 3.31. The van der Waals surface area contributed by atoms with Crippen LogP contribution >= 0.6 is 27.5 Å². The minimum atomic E-state index is -0.0586. The predicted octanol–water partition coefficient (Wildman–Crippen LogP) is 3.55. The fourth-order valence-corrected chi connectivity index (χ4v) is 1.96. The van der Waals surface area contributed by atoms with Gasteiger partial charge in [0.15, 0.2) is 0 Å². The van der Waals surface area contributed by atoms with Gasteiger partial charge >= 0.3 is 0 Å². The molecule has 1 aromatic carbocycles. The van der Waals surface area contributed by atoms with Gasteiger partial charge in [-0.3, -0.25) is 4.79 Å². The molecule has 1 unspecified atom stereocenters. The Hall–Kier alpha value is -0.740. The maximum atomic E-state index is 12.2. The van der Waals surface area contributed by atoms with E-state index in [0.29, 0.717) is 17.9 Å². The molecule has 0 aliphatic heterocycles. The second kappa shape index (κ2) is 7.00. The van der Waals surface area contributed by atoms with Crippen molar-refractivity contribution in [3.05, 3.63) is 28.2 Å². The number of benzene rings is 1. The van der Waals surface area contributed by atoms with Crippen molar-refractivity contribution in [1.29, 1.82) is 0 Å². The molecule has 5 heteroatoms. The van der Waals surface area contributed by atoms with Crippen molar-refractivity contribution in [2.24, 2.45) is 0 Å². The van der Waals surface area contributed by atoms with Crippen molar-refractivity contribution in [1.82, 2.24) is 4.90 Å². The van der Waals surface area contributed by atoms with E-state index >= 15 is 0 Å². The van der Waals surface area contributed by atoms with Crippen molar-refractivity contribution in [3.63, 3.8) is 0 Å². The number of carbonyl (C=O) groups is 1. The van der Waals surface area contributed by atoms with Crippen molar-refractivity contribution < 1.29 is 9.53 Å². The van der Waals surface area contributed by atoms with E-state index in [1.807, 2.05) is 13.0 Å². The lowest BCUT2D eigenvalue weighted by Crippen LogP contribution is -2.29. The summed E-state index contributed by atoms with van der Waals surface area (Å²) in [5.74, 6) is 0.511. The quantitative estimate of drug-likeness (QED) is 0.771. The minimum absolute atomic E-state index is 0.0586. The Balaban J connectivity index is 2.83. The summed E-state index contributed by atoms with van der Waals surface area (Å²) in [4.78, 5) is 13.9. The zero-order chi connectivity index (χ0) is 13.7. The van der Waals surface area contributed by atoms with Gasteiger partial charge in [0.25, 0.3) is 5.91 Å². The summed E-state index contributed by atoms with van der Waals surface area (Å²) in [6.45, 7) is 2.54. The first-order valence-electron chi connectivity index (χ1n) is 5.68. The number of nitrogens with zero attached hydrogens (tertiary/aromatic N) is 1. The van der Waals surface area contributed by atoms with Gasteiger partial charge in [0, 0.05) is 23.4 Å². The lowest BCUT2D eigenvalue weighted by atomic mass is 10.1. The van der Waals surface area contributed by atoms with Gasteiger partial charge < -0.3 is 9.64 Å². The number of halogens is 2. The van der Waals surface area contributed by atoms with Crippen molar-refractivity contribution >= 4 is 33.4 Å². The second-order valence-corrected chi connectivity index (χ2v) is 5.80. The van der Waals surface area contributed by atoms with Crippen LogP contribution in [0.5, 0.6) is 5.75 Å². The molecule has 0 aliphatic carbocycles. The lowest BCUT2D eigenvalue weighted by Gasteiger charge is -2.19. The fourth-order valence-electron chi connectivity index (χ4n) is 1.52. The molecule has 0 saturated carbocycles. The predicted molar refractivity (Wildman–Crippen MR) is 77.6 cm³/mol. The highest BCUT2D eigenvalue weighted by Crippen LogP contribution is 2.24. The van der Waals surface area contributed by atoms with Gasteiger partial charge in [-0.05, 0) is 31.5 Å². The van der Waals surface area contributed by atoms with Crippen LogP contribution < -0.4 is 4.74 Å². The second-order valence-electron chi connectivity index (χ2n) is 4.14. The molecular formula is C13H17BrClNO2. The fraction of sp³-hybridized carbons (Fsp3) is 0.462. The molecule has 0 radical (unpaired) electrons. The summed E-state index contributed by atoms with van der Waals surface area (Å²) >= 11 is 9.23. The molecule has 0 aliphatic rings. The monoisotopic (exact) mass is 333 g/mol. The minimum Gasteiger partial charge on any atom is -0.496 e. The molecule has 0 aromatic heterocycles. The molecule has 0 spiro atoms. The smallest absolute Gasteiger partial charge is 0.257 e. The zero-order valence-corrected chi connectivity index (χ0v) is 13.1. The van der Waals surface area contributed by atoms with Crippen molar-refractivity contribution in [2.75, 3.05) is 20.7 Å². The summed E-state index contributed by atoms with van der Waals surface area (Å²) in [5, 5.41) is 0.0621. The molecule has 3 nitrogen and oxygen atoms in total. The van der Waals surface area contributed by atoms with E-state index in [0.717, 1.165) is 10.9 Å². The molecule has 0 N–H and O–H groups in total. The van der Waals surface area contributed by atoms with E-state index < -0.39 is 0 Å². The van der Waals surface area contributed by atoms with E-state index in [2.05, 4.69) is 15.9 Å². The summed E-state index contributed by atoms with van der Waals surface area (Å²) in [6, 6.07) is 5.37. The Bertz CT molecular complexity index is 423. The SMILES string of the molecule is COc1cc(Br)ccc1C(=O)N(C)CCC(C)Cl. The molecule has 1 aromatic rings. The Kier molecular flexibility index (Phi) is 5.96. The maximum Gasteiger partial charge on any atom is 0.257 e. The number of hydrogen-bond acceptors (Lipinski definition) is 2. The van der Waals surface area contributed by atoms with Crippen LogP contribution in [0.3, 0.4) is 0 Å². The largest absolute Gasteiger partial charge is 0.496 e. The molecule has 0 bridgehead atoms. The zero-order valence-electron chi connectivity index (χ0n) is 10.7. The van der Waals surface area contributed by atoms with Gasteiger partial charge in [0.2, 0.25) is 0 Å². The Morgan fingerprint density at radius 2 is 2.22 bits per heavy atom. The first-order valence-corrected chi connectivity index (χ1v) is 6.91. The molecule has 0 heterocycles. The molecule has 1 amide bonds. The van der Waals surface area contributed by atoms with Gasteiger partial charge in [0.1, 0.15) is 5.75 Å².